The van der Waals surface area contributed by atoms with Crippen LogP contribution in [0, 0.1) is 13.8 Å². The van der Waals surface area contributed by atoms with Crippen molar-refractivity contribution >= 4 is 107 Å². The van der Waals surface area contributed by atoms with Gasteiger partial charge in [-0.25, -0.2) is 0 Å². The van der Waals surface area contributed by atoms with Gasteiger partial charge in [-0.3, -0.25) is 0 Å². The molecule has 0 saturated carbocycles. The van der Waals surface area contributed by atoms with Crippen LogP contribution >= 0.6 is 0 Å². The molecular weight excluding hydrogens is 854 g/mol. The molecule has 8 aromatic carbocycles. The van der Waals surface area contributed by atoms with E-state index < -0.39 is 0 Å². The molecule has 10 aromatic rings. The number of para-hydroxylation sites is 4. The van der Waals surface area contributed by atoms with Gasteiger partial charge in [0.1, 0.15) is 16.7 Å². The maximum atomic E-state index is 7.65. The summed E-state index contributed by atoms with van der Waals surface area (Å²) < 4.78 is 14.4. The summed E-state index contributed by atoms with van der Waals surface area (Å²) in [6, 6.07) is 60.6. The molecule has 0 N–H and O–H groups in total. The number of aryl methyl sites for hydroxylation is 2. The second-order valence-electron chi connectivity index (χ2n) is 22.5. The van der Waals surface area contributed by atoms with Crippen molar-refractivity contribution in [3.63, 3.8) is 0 Å². The Balaban J connectivity index is 1.21. The highest BCUT2D eigenvalue weighted by Gasteiger charge is 2.49. The van der Waals surface area contributed by atoms with Crippen molar-refractivity contribution in [3.05, 3.63) is 192 Å². The zero-order chi connectivity index (χ0) is 48.0. The molecule has 0 spiro atoms. The van der Waals surface area contributed by atoms with Crippen molar-refractivity contribution < 1.29 is 8.83 Å². The monoisotopic (exact) mass is 911 g/mol. The number of benzene rings is 8. The number of hydrogen-bond donors (Lipinski definition) is 0. The molecule has 4 heterocycles. The Hall–Kier alpha value is -7.44. The van der Waals surface area contributed by atoms with E-state index in [-0.39, 0.29) is 23.0 Å². The minimum absolute atomic E-state index is 0.00153. The van der Waals surface area contributed by atoms with Crippen LogP contribution in [0.5, 0.6) is 0 Å². The van der Waals surface area contributed by atoms with Crippen LogP contribution in [0.4, 0.5) is 51.2 Å². The van der Waals surface area contributed by atoms with E-state index in [1.165, 1.54) is 38.7 Å². The maximum absolute atomic E-state index is 7.65. The van der Waals surface area contributed by atoms with E-state index in [2.05, 4.69) is 241 Å². The van der Waals surface area contributed by atoms with Gasteiger partial charge in [0.25, 0.3) is 6.71 Å². The van der Waals surface area contributed by atoms with Crippen molar-refractivity contribution in [2.45, 2.75) is 91.4 Å². The van der Waals surface area contributed by atoms with Crippen LogP contribution in [0.3, 0.4) is 0 Å². The highest BCUT2D eigenvalue weighted by molar-refractivity contribution is 7.00. The Morgan fingerprint density at radius 3 is 1.73 bits per heavy atom. The standard InChI is InChI=1S/C64H58BN3O2/c1-39-19-18-20-40(2)59(39)68-52-38-57-47(46-25-16-17-26-55(46)69-57)36-51(52)65-58-53(33-45(34-54(58)68)66(42-21-12-10-13-22-42)43-23-14-11-15-24-43)67(44-29-27-41(28-30-44)62(3,4)5)60-48-35-49-50(37-56(48)70-61(60)65)64(8,9)32-31-63(49,6)7/h10-30,33-38H,31-32H2,1-9H3. The molecule has 0 amide bonds. The van der Waals surface area contributed by atoms with Gasteiger partial charge in [0, 0.05) is 56.3 Å². The molecule has 0 atom stereocenters. The number of hydrogen-bond acceptors (Lipinski definition) is 5. The third-order valence-electron chi connectivity index (χ3n) is 16.1. The van der Waals surface area contributed by atoms with Crippen LogP contribution in [-0.4, -0.2) is 6.71 Å². The first-order valence-electron chi connectivity index (χ1n) is 25.1. The Labute approximate surface area is 412 Å². The first kappa shape index (κ1) is 42.7. The van der Waals surface area contributed by atoms with E-state index in [0.717, 1.165) is 103 Å². The van der Waals surface area contributed by atoms with Crippen molar-refractivity contribution in [2.24, 2.45) is 0 Å². The van der Waals surface area contributed by atoms with E-state index in [0.29, 0.717) is 0 Å². The molecule has 0 fully saturated rings. The quantitative estimate of drug-likeness (QED) is 0.161. The van der Waals surface area contributed by atoms with Crippen LogP contribution in [0.25, 0.3) is 32.9 Å². The van der Waals surface area contributed by atoms with Crippen LogP contribution < -0.4 is 31.3 Å². The third kappa shape index (κ3) is 6.31. The molecule has 3 aliphatic rings. The first-order chi connectivity index (χ1) is 33.7. The van der Waals surface area contributed by atoms with Gasteiger partial charge in [-0.2, -0.15) is 0 Å². The third-order valence-corrected chi connectivity index (χ3v) is 16.1. The van der Waals surface area contributed by atoms with Gasteiger partial charge in [0.2, 0.25) is 0 Å². The summed E-state index contributed by atoms with van der Waals surface area (Å²) in [5.74, 6) is 0. The summed E-state index contributed by atoms with van der Waals surface area (Å²) in [5, 5.41) is 3.36. The largest absolute Gasteiger partial charge is 0.468 e. The van der Waals surface area contributed by atoms with Crippen molar-refractivity contribution in [2.75, 3.05) is 14.7 Å². The molecule has 6 heteroatoms. The predicted molar refractivity (Wildman–Crippen MR) is 296 cm³/mol. The van der Waals surface area contributed by atoms with Crippen molar-refractivity contribution in [3.8, 4) is 0 Å². The molecule has 0 unspecified atom stereocenters. The van der Waals surface area contributed by atoms with Crippen LogP contribution in [-0.2, 0) is 16.2 Å². The van der Waals surface area contributed by atoms with E-state index >= 15 is 0 Å². The molecule has 13 rings (SSSR count). The summed E-state index contributed by atoms with van der Waals surface area (Å²) >= 11 is 0. The fourth-order valence-electron chi connectivity index (χ4n) is 12.3. The number of fused-ring (bicyclic) bond motifs is 10. The van der Waals surface area contributed by atoms with Gasteiger partial charge in [-0.05, 0) is 148 Å². The van der Waals surface area contributed by atoms with Crippen LogP contribution in [0.1, 0.15) is 89.1 Å². The molecule has 0 radical (unpaired) electrons. The Kier molecular flexibility index (Phi) is 9.16. The normalized spacial score (nSPS) is 15.5. The number of rotatable bonds is 5. The molecule has 70 heavy (non-hydrogen) atoms. The van der Waals surface area contributed by atoms with E-state index in [4.69, 9.17) is 8.83 Å². The second-order valence-corrected chi connectivity index (χ2v) is 22.5. The lowest BCUT2D eigenvalue weighted by Crippen LogP contribution is -2.61. The lowest BCUT2D eigenvalue weighted by Gasteiger charge is -2.44. The summed E-state index contributed by atoms with van der Waals surface area (Å²) in [4.78, 5) is 7.50. The highest BCUT2D eigenvalue weighted by atomic mass is 16.3. The summed E-state index contributed by atoms with van der Waals surface area (Å²) in [6.07, 6.45) is 2.25. The van der Waals surface area contributed by atoms with Gasteiger partial charge >= 0.3 is 0 Å². The molecule has 2 aliphatic heterocycles. The van der Waals surface area contributed by atoms with Gasteiger partial charge in [-0.1, -0.05) is 139 Å². The van der Waals surface area contributed by atoms with Crippen LogP contribution in [0.2, 0.25) is 0 Å². The minimum Gasteiger partial charge on any atom is -0.468 e. The Morgan fingerprint density at radius 1 is 0.500 bits per heavy atom. The minimum atomic E-state index is -0.250. The fraction of sp³-hybridized carbons (Fsp3) is 0.219. The topological polar surface area (TPSA) is 36.0 Å². The summed E-state index contributed by atoms with van der Waals surface area (Å²) in [7, 11) is 0. The zero-order valence-electron chi connectivity index (χ0n) is 41.7. The van der Waals surface area contributed by atoms with Crippen molar-refractivity contribution in [1.29, 1.82) is 0 Å². The molecule has 5 nitrogen and oxygen atoms in total. The average Bonchev–Trinajstić information content (AvgIpc) is 3.91. The maximum Gasteiger partial charge on any atom is 0.297 e. The molecule has 0 saturated heterocycles. The van der Waals surface area contributed by atoms with Gasteiger partial charge < -0.3 is 23.5 Å². The van der Waals surface area contributed by atoms with E-state index in [1.807, 2.05) is 0 Å². The lowest BCUT2D eigenvalue weighted by molar-refractivity contribution is 0.332. The number of nitrogens with zero attached hydrogens (tertiary/aromatic N) is 3. The van der Waals surface area contributed by atoms with Gasteiger partial charge in [-0.15, -0.1) is 0 Å². The van der Waals surface area contributed by atoms with Gasteiger partial charge in [0.15, 0.2) is 0 Å². The zero-order valence-corrected chi connectivity index (χ0v) is 41.7. The second kappa shape index (κ2) is 15.0. The SMILES string of the molecule is Cc1cccc(C)c1N1c2cc3oc4ccccc4c3cc2B2c3oc4cc5c(cc4c3N(c3ccc(C(C)(C)C)cc3)c3cc(N(c4ccccc4)c4ccccc4)cc1c32)C(C)(C)CCC5(C)C. The number of furan rings is 2. The Bertz CT molecular complexity index is 3680. The molecule has 1 aliphatic carbocycles. The molecule has 0 bridgehead atoms. The van der Waals surface area contributed by atoms with E-state index in [9.17, 15) is 0 Å². The number of anilines is 9. The molecule has 2 aromatic heterocycles. The first-order valence-corrected chi connectivity index (χ1v) is 25.1. The van der Waals surface area contributed by atoms with E-state index in [1.54, 1.807) is 0 Å². The predicted octanol–water partition coefficient (Wildman–Crippen LogP) is 16.1. The summed E-state index contributed by atoms with van der Waals surface area (Å²) in [5.41, 5.74) is 22.5. The van der Waals surface area contributed by atoms with Crippen molar-refractivity contribution in [1.82, 2.24) is 0 Å². The fourth-order valence-corrected chi connectivity index (χ4v) is 12.3. The van der Waals surface area contributed by atoms with Crippen LogP contribution in [0.15, 0.2) is 173 Å². The highest BCUT2D eigenvalue weighted by Crippen LogP contribution is 2.54. The summed E-state index contributed by atoms with van der Waals surface area (Å²) in [6.45, 7) is 20.8. The molecule has 344 valence electrons. The average molecular weight is 912 g/mol. The van der Waals surface area contributed by atoms with Gasteiger partial charge in [0.05, 0.1) is 22.7 Å². The lowest BCUT2D eigenvalue weighted by atomic mass is 9.35. The molecular formula is C64H58BN3O2. The Morgan fingerprint density at radius 2 is 1.09 bits per heavy atom. The smallest absolute Gasteiger partial charge is 0.297 e.